The highest BCUT2D eigenvalue weighted by molar-refractivity contribution is 5.86. The van der Waals surface area contributed by atoms with Gasteiger partial charge in [0.15, 0.2) is 11.2 Å². The fourth-order valence-electron chi connectivity index (χ4n) is 7.73. The van der Waals surface area contributed by atoms with Crippen LogP contribution in [0.25, 0.3) is 56.2 Å². The maximum absolute atomic E-state index is 13.4. The van der Waals surface area contributed by atoms with Gasteiger partial charge in [0.05, 0.1) is 5.56 Å². The van der Waals surface area contributed by atoms with Gasteiger partial charge in [-0.25, -0.2) is 9.97 Å². The lowest BCUT2D eigenvalue weighted by atomic mass is 9.91. The van der Waals surface area contributed by atoms with Crippen LogP contribution in [0.4, 0.5) is 8.78 Å². The first-order chi connectivity index (χ1) is 26.7. The summed E-state index contributed by atoms with van der Waals surface area (Å²) >= 11 is 0. The second-order valence-corrected chi connectivity index (χ2v) is 14.2. The summed E-state index contributed by atoms with van der Waals surface area (Å²) in [7, 11) is 0. The maximum Gasteiger partial charge on any atom is 0.387 e. The van der Waals surface area contributed by atoms with Gasteiger partial charge in [-0.1, -0.05) is 24.3 Å². The van der Waals surface area contributed by atoms with Crippen LogP contribution in [-0.2, 0) is 22.7 Å². The predicted octanol–water partition coefficient (Wildman–Crippen LogP) is 7.67. The van der Waals surface area contributed by atoms with Crippen molar-refractivity contribution in [2.24, 2.45) is 5.92 Å². The smallest absolute Gasteiger partial charge is 0.387 e. The number of carbonyl (C=O) groups is 1. The molecule has 11 nitrogen and oxygen atoms in total. The van der Waals surface area contributed by atoms with Crippen LogP contribution >= 0.6 is 0 Å². The van der Waals surface area contributed by atoms with Gasteiger partial charge >= 0.3 is 12.6 Å². The van der Waals surface area contributed by atoms with E-state index in [4.69, 9.17) is 28.3 Å². The zero-order valence-electron chi connectivity index (χ0n) is 30.4. The van der Waals surface area contributed by atoms with Gasteiger partial charge in [-0.15, -0.1) is 0 Å². The van der Waals surface area contributed by atoms with Crippen molar-refractivity contribution < 1.29 is 37.0 Å². The third-order valence-electron chi connectivity index (χ3n) is 10.6. The van der Waals surface area contributed by atoms with Crippen LogP contribution < -0.4 is 10.1 Å². The summed E-state index contributed by atoms with van der Waals surface area (Å²) in [5.74, 6) is 0.356. The van der Waals surface area contributed by atoms with E-state index in [-0.39, 0.29) is 41.9 Å². The lowest BCUT2D eigenvalue weighted by Gasteiger charge is -2.15. The maximum atomic E-state index is 13.4. The zero-order chi connectivity index (χ0) is 38.2. The molecule has 2 fully saturated rings. The number of ether oxygens (including phenoxy) is 2. The fourth-order valence-corrected chi connectivity index (χ4v) is 7.73. The highest BCUT2D eigenvalue weighted by Crippen LogP contribution is 2.39. The minimum atomic E-state index is -3.09. The van der Waals surface area contributed by atoms with Crippen LogP contribution in [0.15, 0.2) is 69.5 Å². The number of oxazole rings is 2. The van der Waals surface area contributed by atoms with Crippen molar-refractivity contribution in [2.45, 2.75) is 58.9 Å². The fraction of sp³-hybridized carbons (Fsp3) is 0.333. The van der Waals surface area contributed by atoms with Crippen LogP contribution in [-0.4, -0.2) is 64.8 Å². The third-order valence-corrected chi connectivity index (χ3v) is 10.6. The Morgan fingerprint density at radius 3 is 2.36 bits per heavy atom. The molecule has 2 N–H and O–H groups in total. The minimum Gasteiger partial charge on any atom is -0.460 e. The van der Waals surface area contributed by atoms with Gasteiger partial charge in [0.2, 0.25) is 11.8 Å². The summed E-state index contributed by atoms with van der Waals surface area (Å²) in [6.45, 7) is 3.86. The molecule has 4 heterocycles. The van der Waals surface area contributed by atoms with Crippen LogP contribution in [0, 0.1) is 31.1 Å². The number of esters is 1. The van der Waals surface area contributed by atoms with Crippen LogP contribution in [0.1, 0.15) is 47.1 Å². The molecule has 13 heteroatoms. The van der Waals surface area contributed by atoms with Gasteiger partial charge in [0.1, 0.15) is 35.5 Å². The molecular weight excluding hydrogens is 708 g/mol. The number of hydrogen-bond donors (Lipinski definition) is 2. The summed E-state index contributed by atoms with van der Waals surface area (Å²) in [5, 5.41) is 22.7. The highest BCUT2D eigenvalue weighted by Gasteiger charge is 2.26. The van der Waals surface area contributed by atoms with E-state index in [9.17, 15) is 23.9 Å². The average molecular weight is 748 g/mol. The Balaban J connectivity index is 1.10. The van der Waals surface area contributed by atoms with Gasteiger partial charge in [-0.3, -0.25) is 9.69 Å². The molecule has 0 radical (unpaired) electrons. The number of aromatic nitrogens is 2. The molecule has 0 saturated carbocycles. The number of hydrogen-bond acceptors (Lipinski definition) is 11. The van der Waals surface area contributed by atoms with Gasteiger partial charge in [0.25, 0.3) is 0 Å². The number of likely N-dealkylation sites (tertiary alicyclic amines) is 1. The molecule has 55 heavy (non-hydrogen) atoms. The van der Waals surface area contributed by atoms with Crippen molar-refractivity contribution in [3.63, 3.8) is 0 Å². The third kappa shape index (κ3) is 7.28. The van der Waals surface area contributed by atoms with Crippen molar-refractivity contribution in [2.75, 3.05) is 26.2 Å². The van der Waals surface area contributed by atoms with Gasteiger partial charge in [0, 0.05) is 42.5 Å². The lowest BCUT2D eigenvalue weighted by molar-refractivity contribution is -0.147. The summed E-state index contributed by atoms with van der Waals surface area (Å²) < 4.78 is 49.5. The lowest BCUT2D eigenvalue weighted by Crippen LogP contribution is -2.32. The number of aliphatic hydroxyl groups excluding tert-OH is 1. The van der Waals surface area contributed by atoms with E-state index in [2.05, 4.69) is 16.3 Å². The van der Waals surface area contributed by atoms with Gasteiger partial charge in [-0.05, 0) is 110 Å². The SMILES string of the molecule is Cc1c(-c2nc3cc(COC(=O)[C@@H]4CCCN4)c(OC(F)F)cc3o2)cccc1-c1cccc(-c2nc3cc(CN4CCC(CO)C4)cc(C#N)c3o2)c1C. The predicted molar refractivity (Wildman–Crippen MR) is 200 cm³/mol. The molecule has 0 spiro atoms. The summed E-state index contributed by atoms with van der Waals surface area (Å²) in [6.07, 6.45) is 2.46. The number of halogens is 2. The number of aliphatic hydroxyl groups is 1. The molecule has 282 valence electrons. The first-order valence-corrected chi connectivity index (χ1v) is 18.3. The normalized spacial score (nSPS) is 17.4. The molecule has 0 amide bonds. The minimum absolute atomic E-state index is 0.157. The first kappa shape index (κ1) is 36.3. The number of benzene rings is 4. The molecular formula is C42H39F2N5O6. The largest absolute Gasteiger partial charge is 0.460 e. The van der Waals surface area contributed by atoms with E-state index in [1.54, 1.807) is 6.07 Å². The monoisotopic (exact) mass is 747 g/mol. The number of nitriles is 1. The molecule has 2 aromatic heterocycles. The Kier molecular flexibility index (Phi) is 10.0. The number of rotatable bonds is 11. The zero-order valence-corrected chi connectivity index (χ0v) is 30.4. The summed E-state index contributed by atoms with van der Waals surface area (Å²) in [6, 6.07) is 20.2. The Labute approximate surface area is 315 Å². The highest BCUT2D eigenvalue weighted by atomic mass is 19.3. The Morgan fingerprint density at radius 1 is 1.00 bits per heavy atom. The van der Waals surface area contributed by atoms with Crippen LogP contribution in [0.5, 0.6) is 5.75 Å². The first-order valence-electron chi connectivity index (χ1n) is 18.3. The molecule has 2 atom stereocenters. The quantitative estimate of drug-likeness (QED) is 0.126. The molecule has 8 rings (SSSR count). The Bertz CT molecular complexity index is 2450. The summed E-state index contributed by atoms with van der Waals surface area (Å²) in [5.41, 5.74) is 8.42. The Morgan fingerprint density at radius 2 is 1.71 bits per heavy atom. The average Bonchev–Trinajstić information content (AvgIpc) is 4.01. The number of alkyl halides is 2. The van der Waals surface area contributed by atoms with Gasteiger partial charge in [-0.2, -0.15) is 14.0 Å². The Hall–Kier alpha value is -5.68. The molecule has 2 saturated heterocycles. The number of fused-ring (bicyclic) bond motifs is 2. The molecule has 2 aliphatic rings. The summed E-state index contributed by atoms with van der Waals surface area (Å²) in [4.78, 5) is 24.4. The van der Waals surface area contributed by atoms with Crippen LogP contribution in [0.3, 0.4) is 0 Å². The van der Waals surface area contributed by atoms with Crippen molar-refractivity contribution in [3.8, 4) is 45.9 Å². The van der Waals surface area contributed by atoms with E-state index in [1.165, 1.54) is 6.07 Å². The molecule has 6 aromatic rings. The number of carbonyl (C=O) groups excluding carboxylic acids is 1. The van der Waals surface area contributed by atoms with E-state index < -0.39 is 18.6 Å². The van der Waals surface area contributed by atoms with E-state index in [1.807, 2.05) is 62.4 Å². The second-order valence-electron chi connectivity index (χ2n) is 14.2. The topological polar surface area (TPSA) is 147 Å². The van der Waals surface area contributed by atoms with Crippen molar-refractivity contribution >= 4 is 28.2 Å². The van der Waals surface area contributed by atoms with Crippen molar-refractivity contribution in [1.29, 1.82) is 5.26 Å². The second kappa shape index (κ2) is 15.2. The van der Waals surface area contributed by atoms with E-state index >= 15 is 0 Å². The molecule has 0 bridgehead atoms. The number of nitrogens with zero attached hydrogens (tertiary/aromatic N) is 4. The van der Waals surface area contributed by atoms with Gasteiger partial charge < -0.3 is 28.7 Å². The van der Waals surface area contributed by atoms with Crippen molar-refractivity contribution in [3.05, 3.63) is 88.5 Å². The molecule has 2 aliphatic heterocycles. The number of nitrogens with one attached hydrogen (secondary N) is 1. The van der Waals surface area contributed by atoms with Crippen molar-refractivity contribution in [1.82, 2.24) is 20.2 Å². The molecule has 0 aliphatic carbocycles. The van der Waals surface area contributed by atoms with Crippen LogP contribution in [0.2, 0.25) is 0 Å². The van der Waals surface area contributed by atoms with E-state index in [0.29, 0.717) is 46.6 Å². The van der Waals surface area contributed by atoms with E-state index in [0.717, 1.165) is 65.9 Å². The molecule has 1 unspecified atom stereocenters. The molecule has 4 aromatic carbocycles. The standard InChI is InChI=1S/C42H39F2N5O6/c1-23-29(6-3-8-31(23)39-47-34-16-28(22-52-41(51)33-10-5-12-46-33)36(54-42(43)44)17-37(34)53-39)30-7-4-9-32(24(30)2)40-48-35-15-26(14-27(18-45)38(35)55-40)20-49-13-11-25(19-49)21-50/h3-4,6-9,14-17,25,33,42,46,50H,5,10-13,19-22H2,1-2H3/t25?,33-/m0/s1.